The third-order valence-electron chi connectivity index (χ3n) is 1.45. The normalized spacial score (nSPS) is 9.83. The first-order valence-electron chi connectivity index (χ1n) is 3.92. The summed E-state index contributed by atoms with van der Waals surface area (Å²) >= 11 is 4.90. The maximum absolute atomic E-state index is 5.23. The summed E-state index contributed by atoms with van der Waals surface area (Å²) in [7, 11) is 0. The minimum absolute atomic E-state index is 0.445. The van der Waals surface area contributed by atoms with E-state index in [1.807, 2.05) is 19.9 Å². The molecule has 0 aromatic carbocycles. The van der Waals surface area contributed by atoms with Crippen LogP contribution < -0.4 is 0 Å². The van der Waals surface area contributed by atoms with Crippen molar-refractivity contribution < 1.29 is 9.15 Å². The summed E-state index contributed by atoms with van der Waals surface area (Å²) in [5.74, 6) is 0.823. The van der Waals surface area contributed by atoms with Crippen LogP contribution in [0.15, 0.2) is 16.7 Å². The highest BCUT2D eigenvalue weighted by molar-refractivity contribution is 7.80. The van der Waals surface area contributed by atoms with E-state index in [-0.39, 0.29) is 0 Å². The van der Waals surface area contributed by atoms with Crippen molar-refractivity contribution in [3.63, 3.8) is 0 Å². The van der Waals surface area contributed by atoms with Gasteiger partial charge in [-0.05, 0) is 30.8 Å². The van der Waals surface area contributed by atoms with Gasteiger partial charge in [-0.3, -0.25) is 0 Å². The quantitative estimate of drug-likeness (QED) is 0.674. The molecule has 0 atom stereocenters. The molecule has 0 unspecified atom stereocenters. The summed E-state index contributed by atoms with van der Waals surface area (Å²) in [5.41, 5.74) is 1.11. The van der Waals surface area contributed by atoms with Crippen LogP contribution in [0.2, 0.25) is 0 Å². The van der Waals surface area contributed by atoms with Crippen LogP contribution in [0.3, 0.4) is 0 Å². The number of ether oxygens (including phenoxy) is 1. The van der Waals surface area contributed by atoms with E-state index in [9.17, 15) is 0 Å². The van der Waals surface area contributed by atoms with Gasteiger partial charge in [0.1, 0.15) is 12.4 Å². The molecule has 1 aromatic heterocycles. The molecule has 0 aliphatic heterocycles. The average molecular weight is 184 g/mol. The lowest BCUT2D eigenvalue weighted by molar-refractivity contribution is 0.259. The van der Waals surface area contributed by atoms with Gasteiger partial charge in [0, 0.05) is 6.42 Å². The van der Waals surface area contributed by atoms with Crippen molar-refractivity contribution in [3.05, 3.63) is 23.7 Å². The van der Waals surface area contributed by atoms with Gasteiger partial charge in [-0.15, -0.1) is 0 Å². The molecule has 1 aromatic rings. The molecule has 1 heterocycles. The summed E-state index contributed by atoms with van der Waals surface area (Å²) in [5, 5.41) is 0.629. The topological polar surface area (TPSA) is 22.4 Å². The van der Waals surface area contributed by atoms with Crippen molar-refractivity contribution in [2.45, 2.75) is 26.9 Å². The number of aryl methyl sites for hydroxylation is 1. The molecule has 0 amide bonds. The van der Waals surface area contributed by atoms with Crippen LogP contribution in [-0.4, -0.2) is 5.05 Å². The van der Waals surface area contributed by atoms with Crippen LogP contribution in [0.4, 0.5) is 0 Å². The van der Waals surface area contributed by atoms with Gasteiger partial charge in [-0.25, -0.2) is 0 Å². The molecule has 12 heavy (non-hydrogen) atoms. The minimum atomic E-state index is 0.445. The third kappa shape index (κ3) is 2.66. The van der Waals surface area contributed by atoms with E-state index in [1.165, 1.54) is 0 Å². The molecule has 66 valence electrons. The maximum atomic E-state index is 5.23. The second-order valence-corrected chi connectivity index (χ2v) is 3.06. The van der Waals surface area contributed by atoms with Gasteiger partial charge in [-0.1, -0.05) is 6.92 Å². The molecule has 0 saturated carbocycles. The summed E-state index contributed by atoms with van der Waals surface area (Å²) in [6.45, 7) is 4.39. The van der Waals surface area contributed by atoms with Crippen LogP contribution in [-0.2, 0) is 11.3 Å². The molecule has 2 nitrogen and oxygen atoms in total. The minimum Gasteiger partial charge on any atom is -0.479 e. The highest BCUT2D eigenvalue weighted by Crippen LogP contribution is 2.07. The van der Waals surface area contributed by atoms with Crippen molar-refractivity contribution in [2.24, 2.45) is 0 Å². The van der Waals surface area contributed by atoms with Gasteiger partial charge < -0.3 is 9.15 Å². The standard InChI is InChI=1S/C9H12O2S/c1-3-9(12)11-6-8-4-7(2)5-10-8/h4-5H,3,6H2,1-2H3. The van der Waals surface area contributed by atoms with E-state index >= 15 is 0 Å². The molecule has 0 radical (unpaired) electrons. The van der Waals surface area contributed by atoms with Crippen LogP contribution in [0, 0.1) is 6.92 Å². The van der Waals surface area contributed by atoms with E-state index < -0.39 is 0 Å². The largest absolute Gasteiger partial charge is 0.479 e. The molecule has 1 rings (SSSR count). The SMILES string of the molecule is CCC(=S)OCc1cc(C)co1. The summed E-state index contributed by atoms with van der Waals surface area (Å²) < 4.78 is 10.4. The van der Waals surface area contributed by atoms with Gasteiger partial charge in [0.2, 0.25) is 0 Å². The summed E-state index contributed by atoms with van der Waals surface area (Å²) in [6, 6.07) is 1.94. The van der Waals surface area contributed by atoms with Crippen LogP contribution in [0.25, 0.3) is 0 Å². The van der Waals surface area contributed by atoms with Crippen molar-refractivity contribution in [1.82, 2.24) is 0 Å². The van der Waals surface area contributed by atoms with E-state index in [1.54, 1.807) is 6.26 Å². The van der Waals surface area contributed by atoms with Crippen molar-refractivity contribution in [2.75, 3.05) is 0 Å². The van der Waals surface area contributed by atoms with Crippen LogP contribution >= 0.6 is 12.2 Å². The highest BCUT2D eigenvalue weighted by Gasteiger charge is 1.99. The third-order valence-corrected chi connectivity index (χ3v) is 1.86. The molecule has 0 aliphatic carbocycles. The number of hydrogen-bond acceptors (Lipinski definition) is 3. The zero-order valence-corrected chi connectivity index (χ0v) is 8.11. The van der Waals surface area contributed by atoms with Gasteiger partial charge in [-0.2, -0.15) is 0 Å². The number of thiocarbonyl (C=S) groups is 1. The Kier molecular flexibility index (Phi) is 3.29. The highest BCUT2D eigenvalue weighted by atomic mass is 32.1. The second-order valence-electron chi connectivity index (χ2n) is 2.60. The zero-order valence-electron chi connectivity index (χ0n) is 7.29. The Bertz CT molecular complexity index is 265. The van der Waals surface area contributed by atoms with E-state index in [0.717, 1.165) is 17.7 Å². The lowest BCUT2D eigenvalue weighted by atomic mass is 10.3. The molecule has 0 fully saturated rings. The Hall–Kier alpha value is -0.830. The summed E-state index contributed by atoms with van der Waals surface area (Å²) in [6.07, 6.45) is 2.47. The van der Waals surface area contributed by atoms with Gasteiger partial charge in [0.25, 0.3) is 0 Å². The fourth-order valence-electron chi connectivity index (χ4n) is 0.820. The van der Waals surface area contributed by atoms with Gasteiger partial charge in [0.05, 0.1) is 6.26 Å². The lowest BCUT2D eigenvalue weighted by Gasteiger charge is -2.01. The fraction of sp³-hybridized carbons (Fsp3) is 0.444. The predicted octanol–water partition coefficient (Wildman–Crippen LogP) is 2.84. The van der Waals surface area contributed by atoms with Gasteiger partial charge >= 0.3 is 0 Å². The smallest absolute Gasteiger partial charge is 0.160 e. The van der Waals surface area contributed by atoms with E-state index in [0.29, 0.717) is 11.7 Å². The average Bonchev–Trinajstić information content (AvgIpc) is 2.47. The van der Waals surface area contributed by atoms with Crippen molar-refractivity contribution in [3.8, 4) is 0 Å². The molecule has 0 spiro atoms. The Morgan fingerprint density at radius 2 is 2.42 bits per heavy atom. The summed E-state index contributed by atoms with van der Waals surface area (Å²) in [4.78, 5) is 0. The number of furan rings is 1. The maximum Gasteiger partial charge on any atom is 0.160 e. The molecule has 0 N–H and O–H groups in total. The predicted molar refractivity (Wildman–Crippen MR) is 51.1 cm³/mol. The van der Waals surface area contributed by atoms with E-state index in [4.69, 9.17) is 21.4 Å². The number of rotatable bonds is 3. The molecule has 0 bridgehead atoms. The van der Waals surface area contributed by atoms with E-state index in [2.05, 4.69) is 0 Å². The monoisotopic (exact) mass is 184 g/mol. The Labute approximate surface area is 77.5 Å². The first-order valence-corrected chi connectivity index (χ1v) is 4.33. The van der Waals surface area contributed by atoms with Crippen molar-refractivity contribution in [1.29, 1.82) is 0 Å². The molecule has 0 saturated heterocycles. The van der Waals surface area contributed by atoms with Crippen LogP contribution in [0.1, 0.15) is 24.7 Å². The molecule has 3 heteroatoms. The van der Waals surface area contributed by atoms with Gasteiger partial charge in [0.15, 0.2) is 5.05 Å². The zero-order chi connectivity index (χ0) is 8.97. The van der Waals surface area contributed by atoms with Crippen molar-refractivity contribution >= 4 is 17.3 Å². The first-order chi connectivity index (χ1) is 5.72. The molecular weight excluding hydrogens is 172 g/mol. The first kappa shape index (κ1) is 9.26. The number of hydrogen-bond donors (Lipinski definition) is 0. The lowest BCUT2D eigenvalue weighted by Crippen LogP contribution is -1.98. The Morgan fingerprint density at radius 1 is 1.67 bits per heavy atom. The molecular formula is C9H12O2S. The Morgan fingerprint density at radius 3 is 2.92 bits per heavy atom. The van der Waals surface area contributed by atoms with Crippen LogP contribution in [0.5, 0.6) is 0 Å². The molecule has 0 aliphatic rings. The second kappa shape index (κ2) is 4.26. The Balaban J connectivity index is 2.38. The fourth-order valence-corrected chi connectivity index (χ4v) is 0.879.